The van der Waals surface area contributed by atoms with E-state index < -0.39 is 17.2 Å². The Morgan fingerprint density at radius 3 is 2.81 bits per heavy atom. The van der Waals surface area contributed by atoms with E-state index in [1.165, 1.54) is 12.3 Å². The number of hydrogen-bond donors (Lipinski definition) is 1. The zero-order valence-corrected chi connectivity index (χ0v) is 14.6. The van der Waals surface area contributed by atoms with E-state index in [-0.39, 0.29) is 23.4 Å². The van der Waals surface area contributed by atoms with Gasteiger partial charge in [0.05, 0.1) is 18.1 Å². The molecule has 3 aromatic heterocycles. The van der Waals surface area contributed by atoms with Crippen LogP contribution in [-0.2, 0) is 17.9 Å². The maximum Gasteiger partial charge on any atom is 0.348 e. The van der Waals surface area contributed by atoms with E-state index in [0.717, 1.165) is 21.5 Å². The lowest BCUT2D eigenvalue weighted by atomic mass is 10.2. The summed E-state index contributed by atoms with van der Waals surface area (Å²) in [5, 5.41) is 7.25. The molecule has 0 aliphatic carbocycles. The molecule has 0 aliphatic heterocycles. The van der Waals surface area contributed by atoms with Crippen molar-refractivity contribution >= 4 is 27.5 Å². The smallest absolute Gasteiger partial charge is 0.348 e. The van der Waals surface area contributed by atoms with Crippen molar-refractivity contribution in [1.29, 1.82) is 0 Å². The Hall–Kier alpha value is -3.53. The van der Waals surface area contributed by atoms with E-state index in [2.05, 4.69) is 19.9 Å². The Balaban J connectivity index is 1.62. The van der Waals surface area contributed by atoms with Gasteiger partial charge in [-0.25, -0.2) is 14.2 Å². The predicted molar refractivity (Wildman–Crippen MR) is 95.7 cm³/mol. The molecular weight excluding hydrogens is 372 g/mol. The molecule has 136 valence electrons. The minimum Gasteiger partial charge on any atom is -0.457 e. The fourth-order valence-electron chi connectivity index (χ4n) is 2.50. The summed E-state index contributed by atoms with van der Waals surface area (Å²) in [5.74, 6) is -0.562. The highest BCUT2D eigenvalue weighted by atomic mass is 32.1. The SMILES string of the molecule is O=C(OCc1ccccc1)c1cc2c(=O)n(Cc3cnon3)c(=O)[nH]c2s1. The number of esters is 1. The Labute approximate surface area is 154 Å². The average molecular weight is 384 g/mol. The third kappa shape index (κ3) is 3.42. The van der Waals surface area contributed by atoms with Crippen molar-refractivity contribution < 1.29 is 14.2 Å². The molecule has 0 fully saturated rings. The summed E-state index contributed by atoms with van der Waals surface area (Å²) in [7, 11) is 0. The highest BCUT2D eigenvalue weighted by molar-refractivity contribution is 7.20. The third-order valence-electron chi connectivity index (χ3n) is 3.81. The largest absolute Gasteiger partial charge is 0.457 e. The molecule has 9 nitrogen and oxygen atoms in total. The Kier molecular flexibility index (Phi) is 4.38. The number of nitrogens with one attached hydrogen (secondary N) is 1. The molecule has 0 bridgehead atoms. The molecule has 10 heteroatoms. The number of rotatable bonds is 5. The molecule has 0 atom stereocenters. The van der Waals surface area contributed by atoms with Crippen molar-refractivity contribution in [3.05, 3.63) is 79.6 Å². The van der Waals surface area contributed by atoms with Gasteiger partial charge in [-0.1, -0.05) is 40.6 Å². The van der Waals surface area contributed by atoms with Crippen LogP contribution in [0.2, 0.25) is 0 Å². The number of carbonyl (C=O) groups excluding carboxylic acids is 1. The molecule has 3 heterocycles. The summed E-state index contributed by atoms with van der Waals surface area (Å²) in [5.41, 5.74) is 0.0419. The zero-order chi connectivity index (χ0) is 18.8. The van der Waals surface area contributed by atoms with Gasteiger partial charge in [-0.3, -0.25) is 14.3 Å². The minimum absolute atomic E-state index is 0.0861. The van der Waals surface area contributed by atoms with E-state index >= 15 is 0 Å². The van der Waals surface area contributed by atoms with Crippen LogP contribution in [0.25, 0.3) is 10.2 Å². The van der Waals surface area contributed by atoms with Gasteiger partial charge in [0, 0.05) is 0 Å². The number of ether oxygens (including phenoxy) is 1. The molecule has 0 unspecified atom stereocenters. The Bertz CT molecular complexity index is 1210. The molecule has 0 saturated carbocycles. The molecular formula is C17H12N4O5S. The molecule has 0 aliphatic rings. The van der Waals surface area contributed by atoms with Crippen LogP contribution in [0.15, 0.2) is 56.8 Å². The monoisotopic (exact) mass is 384 g/mol. The standard InChI is InChI=1S/C17H12N4O5S/c22-15-12-6-13(16(23)25-9-10-4-2-1-3-5-10)27-14(12)19-17(24)21(15)8-11-7-18-26-20-11/h1-7H,8-9H2,(H,19,24). The summed E-state index contributed by atoms with van der Waals surface area (Å²) in [6, 6.07) is 10.7. The van der Waals surface area contributed by atoms with Crippen LogP contribution in [0.3, 0.4) is 0 Å². The zero-order valence-electron chi connectivity index (χ0n) is 13.7. The van der Waals surface area contributed by atoms with Crippen LogP contribution in [0.5, 0.6) is 0 Å². The van der Waals surface area contributed by atoms with Crippen molar-refractivity contribution in [2.45, 2.75) is 13.2 Å². The number of hydrogen-bond acceptors (Lipinski definition) is 8. The van der Waals surface area contributed by atoms with Crippen molar-refractivity contribution in [2.24, 2.45) is 0 Å². The van der Waals surface area contributed by atoms with Gasteiger partial charge in [-0.15, -0.1) is 11.3 Å². The van der Waals surface area contributed by atoms with Gasteiger partial charge in [0.15, 0.2) is 0 Å². The van der Waals surface area contributed by atoms with Crippen LogP contribution < -0.4 is 11.2 Å². The molecule has 0 saturated heterocycles. The summed E-state index contributed by atoms with van der Waals surface area (Å²) in [6.07, 6.45) is 1.32. The first-order valence-corrected chi connectivity index (χ1v) is 8.67. The van der Waals surface area contributed by atoms with E-state index in [1.54, 1.807) is 0 Å². The summed E-state index contributed by atoms with van der Waals surface area (Å²) < 4.78 is 10.7. The topological polar surface area (TPSA) is 120 Å². The number of carbonyl (C=O) groups is 1. The summed E-state index contributed by atoms with van der Waals surface area (Å²) in [4.78, 5) is 40.2. The van der Waals surface area contributed by atoms with Crippen molar-refractivity contribution in [3.63, 3.8) is 0 Å². The fourth-order valence-corrected chi connectivity index (χ4v) is 3.43. The van der Waals surface area contributed by atoms with Crippen LogP contribution in [0.1, 0.15) is 20.9 Å². The van der Waals surface area contributed by atoms with E-state index in [0.29, 0.717) is 10.5 Å². The van der Waals surface area contributed by atoms with E-state index in [9.17, 15) is 14.4 Å². The van der Waals surface area contributed by atoms with Gasteiger partial charge in [0.25, 0.3) is 5.56 Å². The first-order valence-electron chi connectivity index (χ1n) is 7.86. The lowest BCUT2D eigenvalue weighted by Gasteiger charge is -2.02. The third-order valence-corrected chi connectivity index (χ3v) is 4.84. The van der Waals surface area contributed by atoms with Crippen LogP contribution in [-0.4, -0.2) is 25.8 Å². The lowest BCUT2D eigenvalue weighted by molar-refractivity contribution is 0.0478. The molecule has 27 heavy (non-hydrogen) atoms. The number of aromatic nitrogens is 4. The van der Waals surface area contributed by atoms with Gasteiger partial charge in [0.2, 0.25) is 0 Å². The number of benzene rings is 1. The minimum atomic E-state index is -0.610. The van der Waals surface area contributed by atoms with Gasteiger partial charge >= 0.3 is 11.7 Å². The molecule has 4 rings (SSSR count). The molecule has 0 amide bonds. The Morgan fingerprint density at radius 2 is 2.07 bits per heavy atom. The highest BCUT2D eigenvalue weighted by Crippen LogP contribution is 2.21. The number of nitrogens with zero attached hydrogens (tertiary/aromatic N) is 3. The molecule has 0 radical (unpaired) electrons. The molecule has 1 aromatic carbocycles. The first-order chi connectivity index (χ1) is 13.1. The summed E-state index contributed by atoms with van der Waals surface area (Å²) in [6.45, 7) is 0.0328. The van der Waals surface area contributed by atoms with Crippen molar-refractivity contribution in [3.8, 4) is 0 Å². The lowest BCUT2D eigenvalue weighted by Crippen LogP contribution is -2.35. The van der Waals surface area contributed by atoms with Gasteiger partial charge in [-0.05, 0) is 11.6 Å². The van der Waals surface area contributed by atoms with E-state index in [4.69, 9.17) is 4.74 Å². The highest BCUT2D eigenvalue weighted by Gasteiger charge is 2.17. The number of fused-ring (bicyclic) bond motifs is 1. The number of thiophene rings is 1. The molecule has 1 N–H and O–H groups in total. The van der Waals surface area contributed by atoms with Gasteiger partial charge in [0.1, 0.15) is 22.0 Å². The maximum atomic E-state index is 12.6. The average Bonchev–Trinajstić information content (AvgIpc) is 3.34. The van der Waals surface area contributed by atoms with Crippen LogP contribution in [0.4, 0.5) is 0 Å². The summed E-state index contributed by atoms with van der Waals surface area (Å²) >= 11 is 0.996. The quantitative estimate of drug-likeness (QED) is 0.518. The van der Waals surface area contributed by atoms with Crippen molar-refractivity contribution in [1.82, 2.24) is 19.9 Å². The fraction of sp³-hybridized carbons (Fsp3) is 0.118. The van der Waals surface area contributed by atoms with E-state index in [1.807, 2.05) is 30.3 Å². The Morgan fingerprint density at radius 1 is 1.26 bits per heavy atom. The normalized spacial score (nSPS) is 11.0. The molecule has 4 aromatic rings. The number of aromatic amines is 1. The second-order valence-corrected chi connectivity index (χ2v) is 6.69. The predicted octanol–water partition coefficient (Wildman–Crippen LogP) is 1.54. The van der Waals surface area contributed by atoms with Crippen LogP contribution in [0, 0.1) is 0 Å². The van der Waals surface area contributed by atoms with Gasteiger partial charge in [-0.2, -0.15) is 0 Å². The second-order valence-electron chi connectivity index (χ2n) is 5.64. The maximum absolute atomic E-state index is 12.6. The van der Waals surface area contributed by atoms with Crippen molar-refractivity contribution in [2.75, 3.05) is 0 Å². The van der Waals surface area contributed by atoms with Crippen LogP contribution >= 0.6 is 11.3 Å². The number of H-pyrrole nitrogens is 1. The first kappa shape index (κ1) is 16.9. The second kappa shape index (κ2) is 7.00. The van der Waals surface area contributed by atoms with Gasteiger partial charge < -0.3 is 4.74 Å². The molecule has 0 spiro atoms.